The molecule has 3 heterocycles. The zero-order chi connectivity index (χ0) is 12.2. The quantitative estimate of drug-likeness (QED) is 0.714. The highest BCUT2D eigenvalue weighted by molar-refractivity contribution is 7.15. The lowest BCUT2D eigenvalue weighted by Gasteiger charge is -2.31. The second-order valence-corrected chi connectivity index (χ2v) is 6.13. The monoisotopic (exact) mass is 246 g/mol. The number of aryl methyl sites for hydroxylation is 2. The molecular formula is C13H14N2OS. The smallest absolute Gasteiger partial charge is 0.147 e. The van der Waals surface area contributed by atoms with Gasteiger partial charge >= 0.3 is 0 Å². The first-order chi connectivity index (χ1) is 7.97. The van der Waals surface area contributed by atoms with Crippen molar-refractivity contribution in [3.05, 3.63) is 28.5 Å². The van der Waals surface area contributed by atoms with Crippen molar-refractivity contribution < 1.29 is 4.74 Å². The number of fused-ring (bicyclic) bond motifs is 3. The van der Waals surface area contributed by atoms with Crippen molar-refractivity contribution in [2.24, 2.45) is 0 Å². The standard InChI is InChI=1S/C13H14N2OS/c1-7-6-14-10-11-9(5-8(2)17-11)16-13(3,4)12(10)15-7/h5-6H,1-4H3. The van der Waals surface area contributed by atoms with E-state index in [2.05, 4.69) is 23.0 Å². The molecule has 0 spiro atoms. The average molecular weight is 246 g/mol. The minimum absolute atomic E-state index is 0.408. The van der Waals surface area contributed by atoms with Gasteiger partial charge in [0.1, 0.15) is 22.7 Å². The molecule has 0 saturated carbocycles. The SMILES string of the molecule is Cc1cnc2c(n1)C(C)(C)Oc1cc(C)sc1-2. The van der Waals surface area contributed by atoms with Gasteiger partial charge in [-0.15, -0.1) is 11.3 Å². The molecule has 0 aliphatic carbocycles. The van der Waals surface area contributed by atoms with Crippen molar-refractivity contribution >= 4 is 11.3 Å². The van der Waals surface area contributed by atoms with Crippen molar-refractivity contribution in [1.29, 1.82) is 0 Å². The molecule has 2 aromatic rings. The minimum atomic E-state index is -0.408. The number of nitrogens with zero attached hydrogens (tertiary/aromatic N) is 2. The number of hydrogen-bond donors (Lipinski definition) is 0. The van der Waals surface area contributed by atoms with Crippen LogP contribution in [0.25, 0.3) is 10.6 Å². The molecule has 0 amide bonds. The Hall–Kier alpha value is -1.42. The molecule has 4 heteroatoms. The van der Waals surface area contributed by atoms with Crippen LogP contribution in [0.4, 0.5) is 0 Å². The summed E-state index contributed by atoms with van der Waals surface area (Å²) in [5.41, 5.74) is 2.43. The van der Waals surface area contributed by atoms with Crippen molar-refractivity contribution in [2.75, 3.05) is 0 Å². The van der Waals surface area contributed by atoms with Gasteiger partial charge in [-0.2, -0.15) is 0 Å². The molecule has 0 saturated heterocycles. The molecule has 88 valence electrons. The molecule has 0 bridgehead atoms. The van der Waals surface area contributed by atoms with Crippen LogP contribution in [0.3, 0.4) is 0 Å². The molecule has 1 aliphatic rings. The molecule has 0 radical (unpaired) electrons. The maximum Gasteiger partial charge on any atom is 0.147 e. The second kappa shape index (κ2) is 3.29. The Balaban J connectivity index is 2.32. The first kappa shape index (κ1) is 10.7. The van der Waals surface area contributed by atoms with Gasteiger partial charge in [0.2, 0.25) is 0 Å². The molecule has 3 rings (SSSR count). The van der Waals surface area contributed by atoms with Crippen LogP contribution >= 0.6 is 11.3 Å². The van der Waals surface area contributed by atoms with Crippen LogP contribution in [0.1, 0.15) is 30.1 Å². The topological polar surface area (TPSA) is 35.0 Å². The molecule has 2 aromatic heterocycles. The van der Waals surface area contributed by atoms with Gasteiger partial charge in [0, 0.05) is 11.1 Å². The highest BCUT2D eigenvalue weighted by Crippen LogP contribution is 2.47. The Bertz CT molecular complexity index is 601. The van der Waals surface area contributed by atoms with Crippen molar-refractivity contribution in [3.63, 3.8) is 0 Å². The summed E-state index contributed by atoms with van der Waals surface area (Å²) >= 11 is 1.71. The summed E-state index contributed by atoms with van der Waals surface area (Å²) in [7, 11) is 0. The highest BCUT2D eigenvalue weighted by atomic mass is 32.1. The summed E-state index contributed by atoms with van der Waals surface area (Å²) in [6.45, 7) is 8.12. The van der Waals surface area contributed by atoms with Gasteiger partial charge in [0.25, 0.3) is 0 Å². The second-order valence-electron chi connectivity index (χ2n) is 4.87. The third-order valence-electron chi connectivity index (χ3n) is 2.86. The maximum absolute atomic E-state index is 6.03. The predicted molar refractivity (Wildman–Crippen MR) is 68.5 cm³/mol. The van der Waals surface area contributed by atoms with Gasteiger partial charge in [-0.05, 0) is 33.8 Å². The van der Waals surface area contributed by atoms with E-state index < -0.39 is 5.60 Å². The lowest BCUT2D eigenvalue weighted by atomic mass is 9.98. The number of hydrogen-bond acceptors (Lipinski definition) is 4. The molecule has 3 nitrogen and oxygen atoms in total. The Morgan fingerprint density at radius 1 is 1.29 bits per heavy atom. The Kier molecular flexibility index (Phi) is 2.08. The fourth-order valence-electron chi connectivity index (χ4n) is 2.12. The summed E-state index contributed by atoms with van der Waals surface area (Å²) in [6.07, 6.45) is 1.82. The molecule has 0 N–H and O–H groups in total. The minimum Gasteiger partial charge on any atom is -0.480 e. The molecule has 17 heavy (non-hydrogen) atoms. The Morgan fingerprint density at radius 2 is 2.06 bits per heavy atom. The van der Waals surface area contributed by atoms with Crippen LogP contribution in [0.5, 0.6) is 5.75 Å². The number of aromatic nitrogens is 2. The van der Waals surface area contributed by atoms with E-state index in [0.717, 1.165) is 27.7 Å². The summed E-state index contributed by atoms with van der Waals surface area (Å²) in [4.78, 5) is 11.5. The Labute approximate surface area is 105 Å². The van der Waals surface area contributed by atoms with Gasteiger partial charge in [-0.25, -0.2) is 0 Å². The zero-order valence-corrected chi connectivity index (χ0v) is 11.2. The molecule has 0 fully saturated rings. The Morgan fingerprint density at radius 3 is 2.82 bits per heavy atom. The highest BCUT2D eigenvalue weighted by Gasteiger charge is 2.36. The van der Waals surface area contributed by atoms with E-state index >= 15 is 0 Å². The average Bonchev–Trinajstić information content (AvgIpc) is 2.58. The normalized spacial score (nSPS) is 16.0. The largest absolute Gasteiger partial charge is 0.480 e. The third kappa shape index (κ3) is 1.55. The summed E-state index contributed by atoms with van der Waals surface area (Å²) in [5, 5.41) is 0. The van der Waals surface area contributed by atoms with Crippen LogP contribution < -0.4 is 4.74 Å². The van der Waals surface area contributed by atoms with E-state index in [9.17, 15) is 0 Å². The number of thiophene rings is 1. The van der Waals surface area contributed by atoms with E-state index in [1.165, 1.54) is 4.88 Å². The molecule has 1 aliphatic heterocycles. The predicted octanol–water partition coefficient (Wildman–Crippen LogP) is 3.45. The van der Waals surface area contributed by atoms with Crippen molar-refractivity contribution in [1.82, 2.24) is 9.97 Å². The van der Waals surface area contributed by atoms with E-state index in [4.69, 9.17) is 4.74 Å². The van der Waals surface area contributed by atoms with Crippen LogP contribution in [-0.4, -0.2) is 9.97 Å². The van der Waals surface area contributed by atoms with Gasteiger partial charge in [0.05, 0.1) is 10.6 Å². The van der Waals surface area contributed by atoms with Crippen LogP contribution in [-0.2, 0) is 5.60 Å². The first-order valence-corrected chi connectivity index (χ1v) is 6.43. The van der Waals surface area contributed by atoms with E-state index in [1.807, 2.05) is 27.0 Å². The first-order valence-electron chi connectivity index (χ1n) is 5.61. The lowest BCUT2D eigenvalue weighted by Crippen LogP contribution is -2.30. The van der Waals surface area contributed by atoms with E-state index in [1.54, 1.807) is 11.3 Å². The zero-order valence-electron chi connectivity index (χ0n) is 10.4. The maximum atomic E-state index is 6.03. The summed E-state index contributed by atoms with van der Waals surface area (Å²) in [6, 6.07) is 2.08. The van der Waals surface area contributed by atoms with Crippen molar-refractivity contribution in [3.8, 4) is 16.3 Å². The fraction of sp³-hybridized carbons (Fsp3) is 0.385. The molecule has 0 unspecified atom stereocenters. The van der Waals surface area contributed by atoms with E-state index in [0.29, 0.717) is 0 Å². The fourth-order valence-corrected chi connectivity index (χ4v) is 3.05. The lowest BCUT2D eigenvalue weighted by molar-refractivity contribution is 0.101. The van der Waals surface area contributed by atoms with Gasteiger partial charge in [-0.1, -0.05) is 0 Å². The number of rotatable bonds is 0. The molecular weight excluding hydrogens is 232 g/mol. The van der Waals surface area contributed by atoms with Gasteiger partial charge in [-0.3, -0.25) is 9.97 Å². The van der Waals surface area contributed by atoms with Crippen LogP contribution in [0, 0.1) is 13.8 Å². The van der Waals surface area contributed by atoms with Crippen molar-refractivity contribution in [2.45, 2.75) is 33.3 Å². The number of ether oxygens (including phenoxy) is 1. The summed E-state index contributed by atoms with van der Waals surface area (Å²) < 4.78 is 6.03. The molecule has 0 aromatic carbocycles. The third-order valence-corrected chi connectivity index (χ3v) is 3.90. The van der Waals surface area contributed by atoms with Gasteiger partial charge < -0.3 is 4.74 Å². The van der Waals surface area contributed by atoms with E-state index in [-0.39, 0.29) is 0 Å². The van der Waals surface area contributed by atoms with Gasteiger partial charge in [0.15, 0.2) is 0 Å². The van der Waals surface area contributed by atoms with Crippen LogP contribution in [0.2, 0.25) is 0 Å². The van der Waals surface area contributed by atoms with Crippen LogP contribution in [0.15, 0.2) is 12.3 Å². The summed E-state index contributed by atoms with van der Waals surface area (Å²) in [5.74, 6) is 0.933. The molecule has 0 atom stereocenters.